The molecule has 0 aliphatic heterocycles. The average Bonchev–Trinajstić information content (AvgIpc) is 3.31. The number of nitrogens with one attached hydrogen (secondary N) is 1. The summed E-state index contributed by atoms with van der Waals surface area (Å²) in [5, 5.41) is 2.83. The van der Waals surface area contributed by atoms with Gasteiger partial charge in [0.1, 0.15) is 5.82 Å². The normalized spacial score (nSPS) is 15.1. The van der Waals surface area contributed by atoms with Crippen LogP contribution in [0, 0.1) is 11.6 Å². The van der Waals surface area contributed by atoms with Gasteiger partial charge >= 0.3 is 0 Å². The van der Waals surface area contributed by atoms with Crippen LogP contribution in [0.25, 0.3) is 0 Å². The van der Waals surface area contributed by atoms with E-state index in [9.17, 15) is 13.6 Å². The summed E-state index contributed by atoms with van der Waals surface area (Å²) in [6.45, 7) is 0. The second-order valence-electron chi connectivity index (χ2n) is 5.41. The molecular formula is C17H14BrF2NO2. The van der Waals surface area contributed by atoms with Gasteiger partial charge < -0.3 is 10.1 Å². The number of hydrogen-bond donors (Lipinski definition) is 1. The van der Waals surface area contributed by atoms with E-state index in [-0.39, 0.29) is 17.7 Å². The Kier molecular flexibility index (Phi) is 4.61. The Morgan fingerprint density at radius 2 is 1.87 bits per heavy atom. The van der Waals surface area contributed by atoms with Crippen LogP contribution in [0.1, 0.15) is 24.5 Å². The standard InChI is InChI=1S/C17H14BrF2NO2/c18-11-3-8-15(14(20)9-11)23-16(17(22)21-13-6-7-13)10-1-4-12(19)5-2-10/h1-5,8-9,13,16H,6-7H2,(H,21,22). The molecule has 6 heteroatoms. The van der Waals surface area contributed by atoms with E-state index in [1.54, 1.807) is 6.07 Å². The molecule has 3 rings (SSSR count). The Balaban J connectivity index is 1.87. The molecule has 2 aromatic rings. The third-order valence-corrected chi connectivity index (χ3v) is 3.97. The van der Waals surface area contributed by atoms with Gasteiger partial charge in [-0.05, 0) is 43.2 Å². The largest absolute Gasteiger partial charge is 0.473 e. The molecule has 1 unspecified atom stereocenters. The SMILES string of the molecule is O=C(NC1CC1)C(Oc1ccc(Br)cc1F)c1ccc(F)cc1. The minimum atomic E-state index is -1.04. The van der Waals surface area contributed by atoms with E-state index < -0.39 is 17.7 Å². The summed E-state index contributed by atoms with van der Waals surface area (Å²) in [5.74, 6) is -1.38. The molecule has 0 spiro atoms. The Morgan fingerprint density at radius 3 is 2.48 bits per heavy atom. The summed E-state index contributed by atoms with van der Waals surface area (Å²) in [5.41, 5.74) is 0.465. The van der Waals surface area contributed by atoms with E-state index in [0.29, 0.717) is 10.0 Å². The smallest absolute Gasteiger partial charge is 0.266 e. The fourth-order valence-electron chi connectivity index (χ4n) is 2.11. The lowest BCUT2D eigenvalue weighted by atomic mass is 10.1. The first-order valence-electron chi connectivity index (χ1n) is 7.20. The first kappa shape index (κ1) is 15.9. The predicted molar refractivity (Wildman–Crippen MR) is 85.0 cm³/mol. The van der Waals surface area contributed by atoms with E-state index in [1.165, 1.54) is 36.4 Å². The molecule has 23 heavy (non-hydrogen) atoms. The summed E-state index contributed by atoms with van der Waals surface area (Å²) in [4.78, 5) is 12.4. The van der Waals surface area contributed by atoms with Gasteiger partial charge in [-0.1, -0.05) is 28.1 Å². The van der Waals surface area contributed by atoms with Gasteiger partial charge in [0.15, 0.2) is 11.6 Å². The van der Waals surface area contributed by atoms with Crippen molar-refractivity contribution in [2.75, 3.05) is 0 Å². The number of benzene rings is 2. The molecule has 0 heterocycles. The van der Waals surface area contributed by atoms with Gasteiger partial charge in [-0.2, -0.15) is 0 Å². The maximum atomic E-state index is 14.0. The fourth-order valence-corrected chi connectivity index (χ4v) is 2.45. The molecule has 1 aliphatic rings. The van der Waals surface area contributed by atoms with Crippen LogP contribution >= 0.6 is 15.9 Å². The minimum absolute atomic E-state index is 0.0338. The van der Waals surface area contributed by atoms with Crippen molar-refractivity contribution in [3.05, 3.63) is 64.1 Å². The summed E-state index contributed by atoms with van der Waals surface area (Å²) in [7, 11) is 0. The van der Waals surface area contributed by atoms with E-state index in [1.807, 2.05) is 0 Å². The zero-order valence-corrected chi connectivity index (χ0v) is 13.6. The lowest BCUT2D eigenvalue weighted by Gasteiger charge is -2.19. The molecule has 0 radical (unpaired) electrons. The van der Waals surface area contributed by atoms with Crippen LogP contribution in [0.4, 0.5) is 8.78 Å². The summed E-state index contributed by atoms with van der Waals surface area (Å²) >= 11 is 3.17. The third kappa shape index (κ3) is 4.07. The zero-order valence-electron chi connectivity index (χ0n) is 12.1. The molecule has 0 bridgehead atoms. The Labute approximate surface area is 140 Å². The summed E-state index contributed by atoms with van der Waals surface area (Å²) < 4.78 is 33.2. The maximum absolute atomic E-state index is 14.0. The number of carbonyl (C=O) groups excluding carboxylic acids is 1. The number of halogens is 3. The van der Waals surface area contributed by atoms with Crippen molar-refractivity contribution in [3.8, 4) is 5.75 Å². The van der Waals surface area contributed by atoms with Crippen LogP contribution in [0.2, 0.25) is 0 Å². The maximum Gasteiger partial charge on any atom is 0.266 e. The van der Waals surface area contributed by atoms with Crippen molar-refractivity contribution in [2.45, 2.75) is 25.0 Å². The second-order valence-corrected chi connectivity index (χ2v) is 6.32. The molecule has 2 aromatic carbocycles. The van der Waals surface area contributed by atoms with Crippen molar-refractivity contribution in [1.82, 2.24) is 5.32 Å². The highest BCUT2D eigenvalue weighted by Gasteiger charge is 2.30. The Bertz CT molecular complexity index is 717. The van der Waals surface area contributed by atoms with Gasteiger partial charge in [0, 0.05) is 16.1 Å². The van der Waals surface area contributed by atoms with Crippen molar-refractivity contribution < 1.29 is 18.3 Å². The van der Waals surface area contributed by atoms with Crippen LogP contribution < -0.4 is 10.1 Å². The topological polar surface area (TPSA) is 38.3 Å². The van der Waals surface area contributed by atoms with Crippen molar-refractivity contribution in [3.63, 3.8) is 0 Å². The van der Waals surface area contributed by atoms with Crippen LogP contribution in [-0.2, 0) is 4.79 Å². The van der Waals surface area contributed by atoms with Crippen LogP contribution in [0.15, 0.2) is 46.9 Å². The second kappa shape index (κ2) is 6.66. The lowest BCUT2D eigenvalue weighted by molar-refractivity contribution is -0.128. The molecule has 0 aromatic heterocycles. The average molecular weight is 382 g/mol. The van der Waals surface area contributed by atoms with Crippen molar-refractivity contribution >= 4 is 21.8 Å². The van der Waals surface area contributed by atoms with Crippen LogP contribution in [0.5, 0.6) is 5.75 Å². The van der Waals surface area contributed by atoms with E-state index in [2.05, 4.69) is 21.2 Å². The van der Waals surface area contributed by atoms with E-state index in [0.717, 1.165) is 12.8 Å². The summed E-state index contributed by atoms with van der Waals surface area (Å²) in [6.07, 6.45) is 0.815. The number of amides is 1. The molecule has 1 aliphatic carbocycles. The van der Waals surface area contributed by atoms with Crippen molar-refractivity contribution in [2.24, 2.45) is 0 Å². The monoisotopic (exact) mass is 381 g/mol. The first-order valence-corrected chi connectivity index (χ1v) is 8.00. The van der Waals surface area contributed by atoms with Gasteiger partial charge in [-0.15, -0.1) is 0 Å². The molecule has 3 nitrogen and oxygen atoms in total. The lowest BCUT2D eigenvalue weighted by Crippen LogP contribution is -2.34. The quantitative estimate of drug-likeness (QED) is 0.845. The molecule has 1 saturated carbocycles. The number of rotatable bonds is 5. The zero-order chi connectivity index (χ0) is 16.4. The fraction of sp³-hybridized carbons (Fsp3) is 0.235. The predicted octanol–water partition coefficient (Wildman–Crippen LogP) is 4.13. The van der Waals surface area contributed by atoms with Gasteiger partial charge in [0.05, 0.1) is 0 Å². The number of carbonyl (C=O) groups is 1. The first-order chi connectivity index (χ1) is 11.0. The number of ether oxygens (including phenoxy) is 1. The van der Waals surface area contributed by atoms with E-state index >= 15 is 0 Å². The van der Waals surface area contributed by atoms with Gasteiger partial charge in [-0.3, -0.25) is 4.79 Å². The van der Waals surface area contributed by atoms with Crippen molar-refractivity contribution in [1.29, 1.82) is 0 Å². The third-order valence-electron chi connectivity index (χ3n) is 3.47. The minimum Gasteiger partial charge on any atom is -0.473 e. The molecule has 0 saturated heterocycles. The summed E-state index contributed by atoms with van der Waals surface area (Å²) in [6, 6.07) is 9.88. The van der Waals surface area contributed by atoms with E-state index in [4.69, 9.17) is 4.74 Å². The van der Waals surface area contributed by atoms with Gasteiger partial charge in [0.25, 0.3) is 5.91 Å². The van der Waals surface area contributed by atoms with Gasteiger partial charge in [0.2, 0.25) is 6.10 Å². The van der Waals surface area contributed by atoms with Crippen LogP contribution in [0.3, 0.4) is 0 Å². The molecule has 1 atom stereocenters. The highest BCUT2D eigenvalue weighted by molar-refractivity contribution is 9.10. The highest BCUT2D eigenvalue weighted by atomic mass is 79.9. The molecular weight excluding hydrogens is 368 g/mol. The Morgan fingerprint density at radius 1 is 1.17 bits per heavy atom. The molecule has 1 N–H and O–H groups in total. The van der Waals surface area contributed by atoms with Gasteiger partial charge in [-0.25, -0.2) is 8.78 Å². The molecule has 1 fully saturated rings. The number of hydrogen-bond acceptors (Lipinski definition) is 2. The molecule has 1 amide bonds. The highest BCUT2D eigenvalue weighted by Crippen LogP contribution is 2.28. The molecule has 120 valence electrons. The van der Waals surface area contributed by atoms with Crippen LogP contribution in [-0.4, -0.2) is 11.9 Å². The Hall–Kier alpha value is -1.95.